The first-order valence-corrected chi connectivity index (χ1v) is 13.7. The number of benzene rings is 1. The molecule has 0 spiro atoms. The Hall–Kier alpha value is -0.323. The van der Waals surface area contributed by atoms with E-state index in [0.717, 1.165) is 10.0 Å². The summed E-state index contributed by atoms with van der Waals surface area (Å²) in [5.41, 5.74) is 0.826. The molecule has 0 amide bonds. The SMILES string of the molecule is CC1(C)O[C@H]2O[C@H]([C@H](O)[C@@H](O[Si](C)(C)C(C)(C)C)c3cccc(Br)c3)[C@H](O)[C@H]2O1. The van der Waals surface area contributed by atoms with Gasteiger partial charge in [-0.15, -0.1) is 0 Å². The minimum Gasteiger partial charge on any atom is -0.407 e. The summed E-state index contributed by atoms with van der Waals surface area (Å²) in [5.74, 6) is -0.826. The van der Waals surface area contributed by atoms with Crippen LogP contribution in [0.1, 0.15) is 46.3 Å². The van der Waals surface area contributed by atoms with E-state index in [2.05, 4.69) is 49.8 Å². The molecule has 0 bridgehead atoms. The Balaban J connectivity index is 1.88. The maximum atomic E-state index is 11.3. The molecule has 2 saturated heterocycles. The minimum atomic E-state index is -2.23. The lowest BCUT2D eigenvalue weighted by atomic mass is 9.97. The number of fused-ring (bicyclic) bond motifs is 1. The zero-order valence-corrected chi connectivity index (χ0v) is 20.8. The number of hydrogen-bond donors (Lipinski definition) is 2. The van der Waals surface area contributed by atoms with Crippen molar-refractivity contribution in [2.45, 2.75) is 95.3 Å². The van der Waals surface area contributed by atoms with Crippen molar-refractivity contribution in [1.29, 1.82) is 0 Å². The van der Waals surface area contributed by atoms with Gasteiger partial charge in [0.1, 0.15) is 24.4 Å². The molecule has 6 nitrogen and oxygen atoms in total. The highest BCUT2D eigenvalue weighted by Crippen LogP contribution is 2.44. The molecule has 0 radical (unpaired) electrons. The third-order valence-corrected chi connectivity index (χ3v) is 11.1. The molecule has 2 fully saturated rings. The van der Waals surface area contributed by atoms with E-state index >= 15 is 0 Å². The van der Waals surface area contributed by atoms with Crippen LogP contribution >= 0.6 is 15.9 Å². The molecule has 2 N–H and O–H groups in total. The fourth-order valence-electron chi connectivity index (χ4n) is 3.48. The molecule has 29 heavy (non-hydrogen) atoms. The van der Waals surface area contributed by atoms with Crippen molar-refractivity contribution in [2.75, 3.05) is 0 Å². The van der Waals surface area contributed by atoms with Crippen LogP contribution in [0.4, 0.5) is 0 Å². The summed E-state index contributed by atoms with van der Waals surface area (Å²) in [6, 6.07) is 7.68. The van der Waals surface area contributed by atoms with E-state index in [-0.39, 0.29) is 5.04 Å². The van der Waals surface area contributed by atoms with E-state index in [1.807, 2.05) is 24.3 Å². The highest BCUT2D eigenvalue weighted by molar-refractivity contribution is 9.10. The van der Waals surface area contributed by atoms with Gasteiger partial charge < -0.3 is 28.8 Å². The second-order valence-electron chi connectivity index (χ2n) is 9.90. The van der Waals surface area contributed by atoms with Crippen LogP contribution in [0.25, 0.3) is 0 Å². The highest BCUT2D eigenvalue weighted by Gasteiger charge is 2.57. The van der Waals surface area contributed by atoms with Gasteiger partial charge in [0.15, 0.2) is 20.4 Å². The molecule has 1 aromatic rings. The molecule has 164 valence electrons. The molecular weight excluding hydrogens is 456 g/mol. The molecule has 2 aliphatic heterocycles. The summed E-state index contributed by atoms with van der Waals surface area (Å²) in [4.78, 5) is 0. The van der Waals surface area contributed by atoms with Crippen molar-refractivity contribution in [3.63, 3.8) is 0 Å². The largest absolute Gasteiger partial charge is 0.407 e. The predicted molar refractivity (Wildman–Crippen MR) is 116 cm³/mol. The Morgan fingerprint density at radius 3 is 2.41 bits per heavy atom. The lowest BCUT2D eigenvalue weighted by Gasteiger charge is -2.41. The van der Waals surface area contributed by atoms with Crippen molar-refractivity contribution in [1.82, 2.24) is 0 Å². The molecule has 3 rings (SSSR count). The summed E-state index contributed by atoms with van der Waals surface area (Å²) in [5, 5.41) is 22.1. The zero-order chi connectivity index (χ0) is 21.8. The highest BCUT2D eigenvalue weighted by atomic mass is 79.9. The van der Waals surface area contributed by atoms with Crippen LogP contribution in [0.3, 0.4) is 0 Å². The number of ether oxygens (including phenoxy) is 3. The Kier molecular flexibility index (Phi) is 6.42. The summed E-state index contributed by atoms with van der Waals surface area (Å²) >= 11 is 3.50. The molecule has 0 saturated carbocycles. The average molecular weight is 489 g/mol. The normalized spacial score (nSPS) is 31.5. The van der Waals surface area contributed by atoms with Crippen molar-refractivity contribution in [3.05, 3.63) is 34.3 Å². The van der Waals surface area contributed by atoms with Crippen LogP contribution in [0.15, 0.2) is 28.7 Å². The van der Waals surface area contributed by atoms with E-state index in [1.54, 1.807) is 13.8 Å². The molecule has 0 aromatic heterocycles. The van der Waals surface area contributed by atoms with Crippen molar-refractivity contribution in [3.8, 4) is 0 Å². The van der Waals surface area contributed by atoms with Crippen LogP contribution in [0.5, 0.6) is 0 Å². The maximum absolute atomic E-state index is 11.3. The summed E-state index contributed by atoms with van der Waals surface area (Å²) in [7, 11) is -2.23. The Labute approximate surface area is 182 Å². The Morgan fingerprint density at radius 1 is 1.21 bits per heavy atom. The van der Waals surface area contributed by atoms with Gasteiger partial charge in [0.25, 0.3) is 0 Å². The topological polar surface area (TPSA) is 77.4 Å². The lowest BCUT2D eigenvalue weighted by Crippen LogP contribution is -2.49. The van der Waals surface area contributed by atoms with E-state index in [0.29, 0.717) is 0 Å². The van der Waals surface area contributed by atoms with Crippen molar-refractivity contribution < 1.29 is 28.8 Å². The smallest absolute Gasteiger partial charge is 0.193 e. The van der Waals surface area contributed by atoms with Gasteiger partial charge in [0, 0.05) is 4.47 Å². The molecule has 0 unspecified atom stereocenters. The van der Waals surface area contributed by atoms with Crippen molar-refractivity contribution >= 4 is 24.2 Å². The molecule has 0 aliphatic carbocycles. The summed E-state index contributed by atoms with van der Waals surface area (Å²) in [6.45, 7) is 14.3. The minimum absolute atomic E-state index is 0.0428. The van der Waals surface area contributed by atoms with Gasteiger partial charge in [-0.25, -0.2) is 0 Å². The van der Waals surface area contributed by atoms with Gasteiger partial charge in [-0.05, 0) is 49.7 Å². The molecule has 2 heterocycles. The lowest BCUT2D eigenvalue weighted by molar-refractivity contribution is -0.231. The van der Waals surface area contributed by atoms with Gasteiger partial charge in [0.2, 0.25) is 0 Å². The van der Waals surface area contributed by atoms with E-state index in [1.165, 1.54) is 0 Å². The van der Waals surface area contributed by atoms with E-state index in [4.69, 9.17) is 18.6 Å². The first kappa shape index (κ1) is 23.3. The summed E-state index contributed by atoms with van der Waals surface area (Å²) in [6.07, 6.45) is -4.99. The van der Waals surface area contributed by atoms with Crippen molar-refractivity contribution in [2.24, 2.45) is 0 Å². The number of aliphatic hydroxyl groups is 2. The third kappa shape index (κ3) is 4.80. The van der Waals surface area contributed by atoms with E-state index < -0.39 is 50.9 Å². The van der Waals surface area contributed by atoms with Crippen LogP contribution in [-0.4, -0.2) is 55.0 Å². The zero-order valence-electron chi connectivity index (χ0n) is 18.2. The molecule has 2 aliphatic rings. The number of hydrogen-bond acceptors (Lipinski definition) is 6. The van der Waals surface area contributed by atoms with Crippen LogP contribution in [-0.2, 0) is 18.6 Å². The van der Waals surface area contributed by atoms with Gasteiger partial charge in [-0.1, -0.05) is 48.8 Å². The quantitative estimate of drug-likeness (QED) is 0.607. The Bertz CT molecular complexity index is 734. The molecule has 6 atom stereocenters. The Morgan fingerprint density at radius 2 is 1.86 bits per heavy atom. The first-order chi connectivity index (χ1) is 13.2. The molecule has 8 heteroatoms. The predicted octanol–water partition coefficient (Wildman–Crippen LogP) is 4.11. The summed E-state index contributed by atoms with van der Waals surface area (Å²) < 4.78 is 24.9. The average Bonchev–Trinajstić information content (AvgIpc) is 3.04. The molecular formula is C21H33BrO6Si. The number of halogens is 1. The third-order valence-electron chi connectivity index (χ3n) is 6.10. The second-order valence-corrected chi connectivity index (χ2v) is 15.6. The van der Waals surface area contributed by atoms with Crippen LogP contribution in [0.2, 0.25) is 18.1 Å². The molecule has 1 aromatic carbocycles. The van der Waals surface area contributed by atoms with E-state index in [9.17, 15) is 10.2 Å². The fourth-order valence-corrected chi connectivity index (χ4v) is 5.16. The van der Waals surface area contributed by atoms with Gasteiger partial charge >= 0.3 is 0 Å². The standard InChI is InChI=1S/C21H33BrO6Si/c1-20(2,3)29(6,7)28-16(12-9-8-10-13(22)11-12)14(23)17-15(24)18-19(25-17)27-21(4,5)26-18/h8-11,14-19,23-24H,1-7H3/t14-,15+,16+,17-,18-,19-/m1/s1. The number of rotatable bonds is 5. The van der Waals surface area contributed by atoms with Gasteiger partial charge in [0.05, 0.1) is 6.10 Å². The first-order valence-electron chi connectivity index (χ1n) is 10.0. The number of aliphatic hydroxyl groups excluding tert-OH is 2. The maximum Gasteiger partial charge on any atom is 0.193 e. The van der Waals surface area contributed by atoms with Gasteiger partial charge in [-0.2, -0.15) is 0 Å². The van der Waals surface area contributed by atoms with Crippen LogP contribution < -0.4 is 0 Å². The fraction of sp³-hybridized carbons (Fsp3) is 0.714. The van der Waals surface area contributed by atoms with Crippen LogP contribution in [0, 0.1) is 0 Å². The second kappa shape index (κ2) is 7.98. The van der Waals surface area contributed by atoms with Gasteiger partial charge in [-0.3, -0.25) is 0 Å². The monoisotopic (exact) mass is 488 g/mol.